The molecule has 0 fully saturated rings. The Kier molecular flexibility index (Phi) is 35.1. The van der Waals surface area contributed by atoms with Crippen molar-refractivity contribution < 1.29 is 16.7 Å². The zero-order valence-corrected chi connectivity index (χ0v) is 36.8. The number of rotatable bonds is 40. The number of halogens is 1. The van der Waals surface area contributed by atoms with Gasteiger partial charge in [-0.25, -0.2) is 12.5 Å². The topological polar surface area (TPSA) is 35.5 Å². The minimum atomic E-state index is -4.72. The van der Waals surface area contributed by atoms with Crippen LogP contribution in [0.4, 0.5) is 4.20 Å². The van der Waals surface area contributed by atoms with Crippen molar-refractivity contribution in [2.75, 3.05) is 34.5 Å². The first kappa shape index (κ1) is 49.8. The molecule has 0 rings (SSSR count). The molecule has 300 valence electrons. The molecule has 0 saturated carbocycles. The van der Waals surface area contributed by atoms with Crippen molar-refractivity contribution in [1.29, 1.82) is 0 Å². The summed E-state index contributed by atoms with van der Waals surface area (Å²) in [5.74, 6) is 5.34. The third kappa shape index (κ3) is 28.9. The van der Waals surface area contributed by atoms with E-state index in [2.05, 4.69) is 41.5 Å². The lowest BCUT2D eigenvalue weighted by Gasteiger charge is -2.44. The van der Waals surface area contributed by atoms with Gasteiger partial charge in [-0.05, 0) is 73.0 Å². The van der Waals surface area contributed by atoms with Crippen LogP contribution < -0.4 is 0 Å². The van der Waals surface area contributed by atoms with E-state index in [1.165, 1.54) is 128 Å². The summed E-state index contributed by atoms with van der Waals surface area (Å²) in [5.41, 5.74) is 0. The van der Waals surface area contributed by atoms with Crippen molar-refractivity contribution in [2.24, 2.45) is 0 Å². The van der Waals surface area contributed by atoms with Crippen molar-refractivity contribution in [2.45, 2.75) is 234 Å². The summed E-state index contributed by atoms with van der Waals surface area (Å²) in [6, 6.07) is 0. The summed E-state index contributed by atoms with van der Waals surface area (Å²) < 4.78 is 44.5. The fraction of sp³-hybridized carbons (Fsp3) is 1.00. The quantitative estimate of drug-likeness (QED) is 0.0461. The monoisotopic (exact) mass is 757 g/mol. The molecule has 0 radical (unpaired) electrons. The van der Waals surface area contributed by atoms with Gasteiger partial charge in [0.25, 0.3) is 0 Å². The number of hydrogen-bond donors (Lipinski definition) is 0. The van der Waals surface area contributed by atoms with E-state index in [0.717, 1.165) is 98.7 Å². The van der Waals surface area contributed by atoms with Crippen molar-refractivity contribution in [1.82, 2.24) is 0 Å². The highest BCUT2D eigenvalue weighted by Gasteiger charge is 2.42. The van der Waals surface area contributed by atoms with Crippen LogP contribution in [0, 0.1) is 0 Å². The van der Waals surface area contributed by atoms with Crippen LogP contribution in [0.15, 0.2) is 0 Å². The molecule has 0 heterocycles. The van der Waals surface area contributed by atoms with Crippen LogP contribution in [0.3, 0.4) is 0 Å². The van der Waals surface area contributed by atoms with Crippen LogP contribution in [0.5, 0.6) is 0 Å². The summed E-state index contributed by atoms with van der Waals surface area (Å²) in [6.45, 7) is 13.5. The van der Waals surface area contributed by atoms with Crippen molar-refractivity contribution in [3.63, 3.8) is 0 Å². The van der Waals surface area contributed by atoms with Crippen LogP contribution in [-0.4, -0.2) is 34.5 Å². The minimum Gasteiger partial charge on any atom is -0.233 e. The molecule has 7 heteroatoms. The van der Waals surface area contributed by atoms with Crippen LogP contribution in [0.2, 0.25) is 0 Å². The Bertz CT molecular complexity index is 661. The Morgan fingerprint density at radius 3 is 0.694 bits per heavy atom. The first-order valence-corrected chi connectivity index (χ1v) is 27.6. The van der Waals surface area contributed by atoms with Gasteiger partial charge in [0.15, 0.2) is 0 Å². The maximum atomic E-state index is 17.0. The van der Waals surface area contributed by atoms with E-state index in [4.69, 9.17) is 7.94 Å². The lowest BCUT2D eigenvalue weighted by Crippen LogP contribution is -2.20. The van der Waals surface area contributed by atoms with Crippen LogP contribution >= 0.6 is 28.5 Å². The Morgan fingerprint density at radius 2 is 0.490 bits per heavy atom. The summed E-state index contributed by atoms with van der Waals surface area (Å²) in [5, 5.41) is 0. The minimum absolute atomic E-state index is 0.888. The normalized spacial score (nSPS) is 13.4. The molecular formula is C42H90FO3PS2. The molecule has 0 aromatic carbocycles. The van der Waals surface area contributed by atoms with Crippen LogP contribution in [-0.2, 0) is 12.5 Å². The molecule has 0 unspecified atom stereocenters. The third-order valence-electron chi connectivity index (χ3n) is 10.2. The van der Waals surface area contributed by atoms with E-state index in [0.29, 0.717) is 0 Å². The van der Waals surface area contributed by atoms with Gasteiger partial charge in [0.1, 0.15) is 0 Å². The molecule has 0 aliphatic carbocycles. The van der Waals surface area contributed by atoms with Crippen LogP contribution in [0.1, 0.15) is 234 Å². The maximum Gasteiger partial charge on any atom is 0.532 e. The standard InChI is InChI=1S/C42H90FO3PS2/c1-7-13-19-25-27-29-35-41-48(37-31-21-15-9-3,38-32-22-16-10-4)45-47(43,44)46-49(39-33-23-17-11-5,40-34-24-18-12-6)42-36-30-28-26-20-14-8-2/h7-42H2,1-6H3. The van der Waals surface area contributed by atoms with Gasteiger partial charge in [-0.2, -0.15) is 0 Å². The molecular weight excluding hydrogens is 667 g/mol. The molecule has 0 aliphatic rings. The highest BCUT2D eigenvalue weighted by molar-refractivity contribution is 8.33. The predicted octanol–water partition coefficient (Wildman–Crippen LogP) is 17.4. The van der Waals surface area contributed by atoms with E-state index < -0.39 is 28.5 Å². The first-order chi connectivity index (χ1) is 23.8. The molecule has 0 saturated heterocycles. The third-order valence-corrected chi connectivity index (χ3v) is 20.4. The molecule has 0 aromatic rings. The second-order valence-corrected chi connectivity index (χ2v) is 23.6. The molecule has 3 nitrogen and oxygen atoms in total. The van der Waals surface area contributed by atoms with E-state index >= 15 is 4.20 Å². The van der Waals surface area contributed by atoms with E-state index in [1.807, 2.05) is 0 Å². The summed E-state index contributed by atoms with van der Waals surface area (Å²) in [4.78, 5) is 0. The zero-order chi connectivity index (χ0) is 36.4. The Morgan fingerprint density at radius 1 is 0.327 bits per heavy atom. The molecule has 0 aliphatic heterocycles. The SMILES string of the molecule is CCCCCCCCCS(CCCCCC)(CCCCCC)OP(=O)(F)OS(CCCCCC)(CCCCCC)CCCCCCCCC. The predicted molar refractivity (Wildman–Crippen MR) is 228 cm³/mol. The summed E-state index contributed by atoms with van der Waals surface area (Å²) >= 11 is 0. The zero-order valence-electron chi connectivity index (χ0n) is 34.3. The number of hydrogen-bond acceptors (Lipinski definition) is 3. The van der Waals surface area contributed by atoms with Crippen molar-refractivity contribution >= 4 is 28.5 Å². The molecule has 0 N–H and O–H groups in total. The summed E-state index contributed by atoms with van der Waals surface area (Å²) in [7, 11) is -8.39. The highest BCUT2D eigenvalue weighted by Crippen LogP contribution is 2.73. The fourth-order valence-electron chi connectivity index (χ4n) is 7.04. The molecule has 49 heavy (non-hydrogen) atoms. The largest absolute Gasteiger partial charge is 0.532 e. The second-order valence-electron chi connectivity index (χ2n) is 15.2. The van der Waals surface area contributed by atoms with Crippen LogP contribution in [0.25, 0.3) is 0 Å². The van der Waals surface area contributed by atoms with E-state index in [-0.39, 0.29) is 0 Å². The highest BCUT2D eigenvalue weighted by atomic mass is 32.3. The van der Waals surface area contributed by atoms with Gasteiger partial charge in [-0.15, -0.1) is 24.8 Å². The molecule has 0 aromatic heterocycles. The first-order valence-electron chi connectivity index (χ1n) is 22.0. The lowest BCUT2D eigenvalue weighted by atomic mass is 10.1. The van der Waals surface area contributed by atoms with Gasteiger partial charge < -0.3 is 0 Å². The van der Waals surface area contributed by atoms with Crippen molar-refractivity contribution in [3.05, 3.63) is 0 Å². The molecule has 0 spiro atoms. The Labute approximate surface area is 312 Å². The fourth-order valence-corrected chi connectivity index (χ4v) is 17.8. The van der Waals surface area contributed by atoms with Gasteiger partial charge in [0.2, 0.25) is 0 Å². The Hall–Kier alpha value is 0.780. The average Bonchev–Trinajstić information content (AvgIpc) is 3.08. The molecule has 0 bridgehead atoms. The molecule has 0 atom stereocenters. The van der Waals surface area contributed by atoms with Gasteiger partial charge >= 0.3 is 7.91 Å². The number of unbranched alkanes of at least 4 members (excludes halogenated alkanes) is 24. The van der Waals surface area contributed by atoms with Gasteiger partial charge in [-0.3, -0.25) is 0 Å². The maximum absolute atomic E-state index is 17.0. The summed E-state index contributed by atoms with van der Waals surface area (Å²) in [6.07, 6.45) is 35.7. The van der Waals surface area contributed by atoms with Gasteiger partial charge in [0, 0.05) is 0 Å². The molecule has 0 amide bonds. The second kappa shape index (κ2) is 34.5. The van der Waals surface area contributed by atoms with E-state index in [9.17, 15) is 4.57 Å². The van der Waals surface area contributed by atoms with Gasteiger partial charge in [0.05, 0.1) is 0 Å². The van der Waals surface area contributed by atoms with E-state index in [1.54, 1.807) is 0 Å². The lowest BCUT2D eigenvalue weighted by molar-refractivity contribution is 0.363. The smallest absolute Gasteiger partial charge is 0.233 e. The van der Waals surface area contributed by atoms with Gasteiger partial charge in [-0.1, -0.05) is 196 Å². The Balaban J connectivity index is 6.18. The average molecular weight is 757 g/mol. The van der Waals surface area contributed by atoms with Crippen molar-refractivity contribution in [3.8, 4) is 0 Å².